The molecule has 2 unspecified atom stereocenters. The summed E-state index contributed by atoms with van der Waals surface area (Å²) in [7, 11) is 1.60. The van der Waals surface area contributed by atoms with E-state index in [0.717, 1.165) is 11.3 Å². The van der Waals surface area contributed by atoms with Gasteiger partial charge in [-0.1, -0.05) is 19.1 Å². The zero-order valence-corrected chi connectivity index (χ0v) is 11.6. The monoisotopic (exact) mass is 263 g/mol. The summed E-state index contributed by atoms with van der Waals surface area (Å²) in [4.78, 5) is 11.7. The molecule has 0 aromatic heterocycles. The summed E-state index contributed by atoms with van der Waals surface area (Å²) in [6, 6.07) is 7.40. The highest BCUT2D eigenvalue weighted by Crippen LogP contribution is 2.13. The van der Waals surface area contributed by atoms with Crippen LogP contribution in [0.4, 0.5) is 0 Å². The molecule has 0 aliphatic heterocycles. The molecule has 19 heavy (non-hydrogen) atoms. The number of hydrogen-bond acceptors (Lipinski definition) is 3. The predicted molar refractivity (Wildman–Crippen MR) is 75.9 cm³/mol. The average Bonchev–Trinajstić information content (AvgIpc) is 2.44. The van der Waals surface area contributed by atoms with Crippen molar-refractivity contribution in [2.45, 2.75) is 19.9 Å². The first-order valence-electron chi connectivity index (χ1n) is 6.30. The first-order valence-corrected chi connectivity index (χ1v) is 6.30. The summed E-state index contributed by atoms with van der Waals surface area (Å²) in [5.74, 6) is 0.620. The number of aliphatic hydroxyl groups is 1. The maximum Gasteiger partial charge on any atom is 0.244 e. The molecule has 0 aliphatic rings. The van der Waals surface area contributed by atoms with Crippen molar-refractivity contribution in [2.24, 2.45) is 5.92 Å². The van der Waals surface area contributed by atoms with Gasteiger partial charge in [0.25, 0.3) is 0 Å². The van der Waals surface area contributed by atoms with Gasteiger partial charge in [0.05, 0.1) is 7.11 Å². The highest BCUT2D eigenvalue weighted by Gasteiger charge is 2.11. The van der Waals surface area contributed by atoms with E-state index in [-0.39, 0.29) is 24.5 Å². The zero-order chi connectivity index (χ0) is 14.3. The van der Waals surface area contributed by atoms with Gasteiger partial charge >= 0.3 is 0 Å². The summed E-state index contributed by atoms with van der Waals surface area (Å²) in [6.45, 7) is 3.82. The highest BCUT2D eigenvalue weighted by atomic mass is 16.5. The van der Waals surface area contributed by atoms with Crippen LogP contribution in [-0.4, -0.2) is 30.8 Å². The Bertz CT molecular complexity index is 443. The van der Waals surface area contributed by atoms with Crippen LogP contribution in [0, 0.1) is 5.92 Å². The Morgan fingerprint density at radius 1 is 1.47 bits per heavy atom. The van der Waals surface area contributed by atoms with Crippen LogP contribution >= 0.6 is 0 Å². The van der Waals surface area contributed by atoms with Gasteiger partial charge in [-0.2, -0.15) is 0 Å². The fraction of sp³-hybridized carbons (Fsp3) is 0.400. The van der Waals surface area contributed by atoms with Crippen molar-refractivity contribution in [1.29, 1.82) is 0 Å². The largest absolute Gasteiger partial charge is 0.497 e. The van der Waals surface area contributed by atoms with E-state index in [1.54, 1.807) is 13.2 Å². The van der Waals surface area contributed by atoms with E-state index in [9.17, 15) is 4.79 Å². The summed E-state index contributed by atoms with van der Waals surface area (Å²) >= 11 is 0. The molecule has 1 aromatic rings. The lowest BCUT2D eigenvalue weighted by molar-refractivity contribution is -0.117. The molecule has 0 spiro atoms. The molecule has 2 N–H and O–H groups in total. The minimum atomic E-state index is -0.171. The van der Waals surface area contributed by atoms with Crippen molar-refractivity contribution in [3.8, 4) is 5.75 Å². The Kier molecular flexibility index (Phi) is 6.09. The van der Waals surface area contributed by atoms with Crippen LogP contribution in [0.25, 0.3) is 6.08 Å². The average molecular weight is 263 g/mol. The van der Waals surface area contributed by atoms with Gasteiger partial charge in [0.15, 0.2) is 0 Å². The van der Waals surface area contributed by atoms with Crippen LogP contribution in [0.3, 0.4) is 0 Å². The summed E-state index contributed by atoms with van der Waals surface area (Å²) in [6.07, 6.45) is 3.21. The summed E-state index contributed by atoms with van der Waals surface area (Å²) < 4.78 is 5.11. The third-order valence-electron chi connectivity index (χ3n) is 3.03. The van der Waals surface area contributed by atoms with Crippen LogP contribution in [0.1, 0.15) is 19.4 Å². The smallest absolute Gasteiger partial charge is 0.244 e. The molecule has 4 heteroatoms. The van der Waals surface area contributed by atoms with Gasteiger partial charge in [0.2, 0.25) is 5.91 Å². The van der Waals surface area contributed by atoms with E-state index < -0.39 is 0 Å². The van der Waals surface area contributed by atoms with Crippen molar-refractivity contribution in [3.05, 3.63) is 35.9 Å². The lowest BCUT2D eigenvalue weighted by Gasteiger charge is -2.18. The standard InChI is InChI=1S/C15H21NO3/c1-11(10-17)12(2)16-15(18)8-7-13-5-4-6-14(9-13)19-3/h4-9,11-12,17H,10H2,1-3H3,(H,16,18)/b8-7+. The Morgan fingerprint density at radius 2 is 2.21 bits per heavy atom. The number of aliphatic hydroxyl groups excluding tert-OH is 1. The van der Waals surface area contributed by atoms with Gasteiger partial charge in [0.1, 0.15) is 5.75 Å². The van der Waals surface area contributed by atoms with Gasteiger partial charge in [-0.25, -0.2) is 0 Å². The highest BCUT2D eigenvalue weighted by molar-refractivity contribution is 5.91. The quantitative estimate of drug-likeness (QED) is 0.770. The third kappa shape index (κ3) is 5.14. The molecule has 1 rings (SSSR count). The zero-order valence-electron chi connectivity index (χ0n) is 11.6. The molecular weight excluding hydrogens is 242 g/mol. The number of nitrogens with one attached hydrogen (secondary N) is 1. The van der Waals surface area contributed by atoms with Crippen LogP contribution in [-0.2, 0) is 4.79 Å². The lowest BCUT2D eigenvalue weighted by atomic mass is 10.1. The fourth-order valence-electron chi connectivity index (χ4n) is 1.49. The van der Waals surface area contributed by atoms with Crippen molar-refractivity contribution in [3.63, 3.8) is 0 Å². The predicted octanol–water partition coefficient (Wildman–Crippen LogP) is 1.84. The van der Waals surface area contributed by atoms with Crippen LogP contribution in [0.15, 0.2) is 30.3 Å². The van der Waals surface area contributed by atoms with E-state index in [2.05, 4.69) is 5.32 Å². The normalized spacial score (nSPS) is 14.1. The molecule has 4 nitrogen and oxygen atoms in total. The Labute approximate surface area is 114 Å². The van der Waals surface area contributed by atoms with E-state index >= 15 is 0 Å². The molecule has 0 bridgehead atoms. The van der Waals surface area contributed by atoms with Crippen LogP contribution in [0.5, 0.6) is 5.75 Å². The second-order valence-electron chi connectivity index (χ2n) is 4.57. The number of methoxy groups -OCH3 is 1. The number of amides is 1. The van der Waals surface area contributed by atoms with Crippen molar-refractivity contribution >= 4 is 12.0 Å². The van der Waals surface area contributed by atoms with Gasteiger partial charge < -0.3 is 15.2 Å². The third-order valence-corrected chi connectivity index (χ3v) is 3.03. The van der Waals surface area contributed by atoms with Gasteiger partial charge in [-0.3, -0.25) is 4.79 Å². The number of rotatable bonds is 6. The first kappa shape index (κ1) is 15.2. The molecule has 0 aliphatic carbocycles. The van der Waals surface area contributed by atoms with E-state index in [4.69, 9.17) is 9.84 Å². The number of benzene rings is 1. The summed E-state index contributed by atoms with van der Waals surface area (Å²) in [5.41, 5.74) is 0.900. The van der Waals surface area contributed by atoms with Gasteiger partial charge in [-0.15, -0.1) is 0 Å². The molecular formula is C15H21NO3. The second kappa shape index (κ2) is 7.59. The van der Waals surface area contributed by atoms with E-state index in [1.165, 1.54) is 6.08 Å². The maximum atomic E-state index is 11.7. The Balaban J connectivity index is 2.58. The Morgan fingerprint density at radius 3 is 2.84 bits per heavy atom. The van der Waals surface area contributed by atoms with E-state index in [0.29, 0.717) is 0 Å². The number of carbonyl (C=O) groups excluding carboxylic acids is 1. The first-order chi connectivity index (χ1) is 9.06. The SMILES string of the molecule is COc1cccc(/C=C/C(=O)NC(C)C(C)CO)c1. The number of hydrogen-bond donors (Lipinski definition) is 2. The molecule has 1 amide bonds. The summed E-state index contributed by atoms with van der Waals surface area (Å²) in [5, 5.41) is 11.8. The van der Waals surface area contributed by atoms with Crippen LogP contribution in [0.2, 0.25) is 0 Å². The number of carbonyl (C=O) groups is 1. The number of ether oxygens (including phenoxy) is 1. The molecule has 104 valence electrons. The Hall–Kier alpha value is -1.81. The second-order valence-corrected chi connectivity index (χ2v) is 4.57. The maximum absolute atomic E-state index is 11.7. The molecule has 1 aromatic carbocycles. The topological polar surface area (TPSA) is 58.6 Å². The van der Waals surface area contributed by atoms with Crippen molar-refractivity contribution < 1.29 is 14.6 Å². The molecule has 0 heterocycles. The van der Waals surface area contributed by atoms with Crippen molar-refractivity contribution in [1.82, 2.24) is 5.32 Å². The minimum absolute atomic E-state index is 0.0363. The van der Waals surface area contributed by atoms with Gasteiger partial charge in [0, 0.05) is 18.7 Å². The van der Waals surface area contributed by atoms with Crippen LogP contribution < -0.4 is 10.1 Å². The molecule has 2 atom stereocenters. The van der Waals surface area contributed by atoms with E-state index in [1.807, 2.05) is 38.1 Å². The molecule has 0 radical (unpaired) electrons. The lowest BCUT2D eigenvalue weighted by Crippen LogP contribution is -2.37. The molecule has 0 saturated carbocycles. The minimum Gasteiger partial charge on any atom is -0.497 e. The van der Waals surface area contributed by atoms with Crippen molar-refractivity contribution in [2.75, 3.05) is 13.7 Å². The van der Waals surface area contributed by atoms with Gasteiger partial charge in [-0.05, 0) is 36.6 Å². The molecule has 0 fully saturated rings. The fourth-order valence-corrected chi connectivity index (χ4v) is 1.49. The molecule has 0 saturated heterocycles.